The molecule has 1 amide bonds. The van der Waals surface area contributed by atoms with Gasteiger partial charge in [0.25, 0.3) is 0 Å². The van der Waals surface area contributed by atoms with Crippen LogP contribution in [-0.4, -0.2) is 37.0 Å². The van der Waals surface area contributed by atoms with Gasteiger partial charge in [-0.05, 0) is 18.3 Å². The van der Waals surface area contributed by atoms with Crippen LogP contribution in [0.5, 0.6) is 0 Å². The fourth-order valence-electron chi connectivity index (χ4n) is 3.32. The van der Waals surface area contributed by atoms with Gasteiger partial charge in [-0.3, -0.25) is 4.79 Å². The molecule has 1 N–H and O–H groups in total. The maximum absolute atomic E-state index is 12.0. The molecule has 0 aromatic heterocycles. The molecular formula is C20H40N2O. The Labute approximate surface area is 144 Å². The summed E-state index contributed by atoms with van der Waals surface area (Å²) in [6.45, 7) is 13.0. The minimum absolute atomic E-state index is 0.245. The molecule has 136 valence electrons. The average molecular weight is 325 g/mol. The highest BCUT2D eigenvalue weighted by Gasteiger charge is 2.32. The number of unbranched alkanes of at least 4 members (excludes halogenated alkanes) is 6. The van der Waals surface area contributed by atoms with E-state index in [1.807, 2.05) is 0 Å². The molecule has 0 atom stereocenters. The van der Waals surface area contributed by atoms with Gasteiger partial charge >= 0.3 is 0 Å². The second-order valence-corrected chi connectivity index (χ2v) is 8.26. The molecule has 3 nitrogen and oxygen atoms in total. The lowest BCUT2D eigenvalue weighted by molar-refractivity contribution is -0.130. The van der Waals surface area contributed by atoms with Crippen LogP contribution in [0.25, 0.3) is 0 Å². The van der Waals surface area contributed by atoms with E-state index in [0.717, 1.165) is 38.5 Å². The van der Waals surface area contributed by atoms with Crippen molar-refractivity contribution in [3.63, 3.8) is 0 Å². The minimum atomic E-state index is 0.245. The van der Waals surface area contributed by atoms with Gasteiger partial charge in [0.05, 0.1) is 5.92 Å². The summed E-state index contributed by atoms with van der Waals surface area (Å²) in [6.07, 6.45) is 10.6. The maximum Gasteiger partial charge on any atom is 0.225 e. The van der Waals surface area contributed by atoms with Gasteiger partial charge in [0.2, 0.25) is 5.91 Å². The van der Waals surface area contributed by atoms with Crippen LogP contribution >= 0.6 is 0 Å². The lowest BCUT2D eigenvalue weighted by Crippen LogP contribution is -2.54. The Morgan fingerprint density at radius 2 is 1.48 bits per heavy atom. The lowest BCUT2D eigenvalue weighted by atomic mass is 9.97. The molecular weight excluding hydrogens is 284 g/mol. The number of amides is 1. The Balaban J connectivity index is 1.84. The van der Waals surface area contributed by atoms with Gasteiger partial charge in [0, 0.05) is 26.2 Å². The van der Waals surface area contributed by atoms with Gasteiger partial charge in [-0.15, -0.1) is 0 Å². The smallest absolute Gasteiger partial charge is 0.225 e. The quantitative estimate of drug-likeness (QED) is 0.507. The number of nitrogens with one attached hydrogen (secondary N) is 1. The van der Waals surface area contributed by atoms with Crippen molar-refractivity contribution in [2.75, 3.05) is 26.2 Å². The van der Waals surface area contributed by atoms with E-state index in [0.29, 0.717) is 5.92 Å². The van der Waals surface area contributed by atoms with E-state index in [2.05, 4.69) is 37.9 Å². The molecule has 0 aromatic carbocycles. The molecule has 0 bridgehead atoms. The number of rotatable bonds is 13. The Kier molecular flexibility index (Phi) is 10.6. The van der Waals surface area contributed by atoms with Gasteiger partial charge < -0.3 is 10.2 Å². The standard InChI is InChI=1S/C20H40N2O/c1-17(2)12-10-8-6-5-7-9-11-13-21-20(23)19-15-22(16-19)14-18(3)4/h17-19H,5-16H2,1-4H3,(H,21,23). The van der Waals surface area contributed by atoms with E-state index in [-0.39, 0.29) is 11.8 Å². The Hall–Kier alpha value is -0.570. The van der Waals surface area contributed by atoms with E-state index < -0.39 is 0 Å². The number of nitrogens with zero attached hydrogens (tertiary/aromatic N) is 1. The van der Waals surface area contributed by atoms with Gasteiger partial charge in [-0.25, -0.2) is 0 Å². The van der Waals surface area contributed by atoms with Crippen molar-refractivity contribution < 1.29 is 4.79 Å². The normalized spacial score (nSPS) is 16.1. The molecule has 1 fully saturated rings. The predicted molar refractivity (Wildman–Crippen MR) is 99.6 cm³/mol. The van der Waals surface area contributed by atoms with Gasteiger partial charge in [-0.2, -0.15) is 0 Å². The Morgan fingerprint density at radius 3 is 2.04 bits per heavy atom. The first-order valence-electron chi connectivity index (χ1n) is 9.99. The third kappa shape index (κ3) is 10.0. The summed E-state index contributed by atoms with van der Waals surface area (Å²) in [4.78, 5) is 14.4. The zero-order chi connectivity index (χ0) is 17.1. The highest BCUT2D eigenvalue weighted by atomic mass is 16.2. The predicted octanol–water partition coefficient (Wildman–Crippen LogP) is 4.47. The summed E-state index contributed by atoms with van der Waals surface area (Å²) in [6, 6.07) is 0. The summed E-state index contributed by atoms with van der Waals surface area (Å²) in [5, 5.41) is 3.12. The van der Waals surface area contributed by atoms with Crippen LogP contribution in [0.4, 0.5) is 0 Å². The van der Waals surface area contributed by atoms with Crippen molar-refractivity contribution in [1.82, 2.24) is 10.2 Å². The van der Waals surface area contributed by atoms with Gasteiger partial charge in [0.1, 0.15) is 0 Å². The highest BCUT2D eigenvalue weighted by Crippen LogP contribution is 2.17. The Morgan fingerprint density at radius 1 is 0.913 bits per heavy atom. The summed E-state index contributed by atoms with van der Waals surface area (Å²) < 4.78 is 0. The largest absolute Gasteiger partial charge is 0.356 e. The van der Waals surface area contributed by atoms with Crippen molar-refractivity contribution in [1.29, 1.82) is 0 Å². The third-order valence-electron chi connectivity index (χ3n) is 4.71. The highest BCUT2D eigenvalue weighted by molar-refractivity contribution is 5.79. The maximum atomic E-state index is 12.0. The van der Waals surface area contributed by atoms with Crippen LogP contribution in [0.1, 0.15) is 79.1 Å². The molecule has 0 unspecified atom stereocenters. The van der Waals surface area contributed by atoms with Crippen LogP contribution in [-0.2, 0) is 4.79 Å². The van der Waals surface area contributed by atoms with Crippen molar-refractivity contribution in [2.45, 2.75) is 79.1 Å². The monoisotopic (exact) mass is 324 g/mol. The number of hydrogen-bond donors (Lipinski definition) is 1. The van der Waals surface area contributed by atoms with Crippen LogP contribution in [0.2, 0.25) is 0 Å². The number of hydrogen-bond acceptors (Lipinski definition) is 2. The fraction of sp³-hybridized carbons (Fsp3) is 0.950. The van der Waals surface area contributed by atoms with Crippen molar-refractivity contribution in [3.8, 4) is 0 Å². The van der Waals surface area contributed by atoms with Crippen LogP contribution in [0.15, 0.2) is 0 Å². The van der Waals surface area contributed by atoms with Crippen molar-refractivity contribution in [3.05, 3.63) is 0 Å². The van der Waals surface area contributed by atoms with Gasteiger partial charge in [0.15, 0.2) is 0 Å². The molecule has 0 aliphatic carbocycles. The molecule has 1 saturated heterocycles. The van der Waals surface area contributed by atoms with Gasteiger partial charge in [-0.1, -0.05) is 72.6 Å². The molecule has 0 radical (unpaired) electrons. The molecule has 0 saturated carbocycles. The minimum Gasteiger partial charge on any atom is -0.356 e. The lowest BCUT2D eigenvalue weighted by Gasteiger charge is -2.39. The number of carbonyl (C=O) groups excluding carboxylic acids is 1. The molecule has 1 rings (SSSR count). The average Bonchev–Trinajstić information content (AvgIpc) is 2.43. The van der Waals surface area contributed by atoms with E-state index in [1.54, 1.807) is 0 Å². The van der Waals surface area contributed by atoms with E-state index in [4.69, 9.17) is 0 Å². The summed E-state index contributed by atoms with van der Waals surface area (Å²) in [5.74, 6) is 2.07. The number of carbonyl (C=O) groups is 1. The SMILES string of the molecule is CC(C)CCCCCCCCCNC(=O)C1CN(CC(C)C)C1. The van der Waals surface area contributed by atoms with E-state index in [9.17, 15) is 4.79 Å². The molecule has 1 aliphatic heterocycles. The van der Waals surface area contributed by atoms with Crippen LogP contribution < -0.4 is 5.32 Å². The zero-order valence-corrected chi connectivity index (χ0v) is 16.1. The van der Waals surface area contributed by atoms with E-state index >= 15 is 0 Å². The summed E-state index contributed by atoms with van der Waals surface area (Å²) >= 11 is 0. The molecule has 0 spiro atoms. The second kappa shape index (κ2) is 11.9. The number of likely N-dealkylation sites (tertiary alicyclic amines) is 1. The topological polar surface area (TPSA) is 32.3 Å². The zero-order valence-electron chi connectivity index (χ0n) is 16.1. The first-order valence-corrected chi connectivity index (χ1v) is 9.99. The molecule has 0 aromatic rings. The summed E-state index contributed by atoms with van der Waals surface area (Å²) in [7, 11) is 0. The van der Waals surface area contributed by atoms with Crippen LogP contribution in [0.3, 0.4) is 0 Å². The van der Waals surface area contributed by atoms with Crippen LogP contribution in [0, 0.1) is 17.8 Å². The fourth-order valence-corrected chi connectivity index (χ4v) is 3.32. The first-order chi connectivity index (χ1) is 11.0. The van der Waals surface area contributed by atoms with Crippen molar-refractivity contribution in [2.24, 2.45) is 17.8 Å². The summed E-state index contributed by atoms with van der Waals surface area (Å²) in [5.41, 5.74) is 0. The molecule has 1 aliphatic rings. The van der Waals surface area contributed by atoms with E-state index in [1.165, 1.54) is 44.9 Å². The second-order valence-electron chi connectivity index (χ2n) is 8.26. The first kappa shape index (κ1) is 20.5. The Bertz CT molecular complexity index is 309. The third-order valence-corrected chi connectivity index (χ3v) is 4.71. The van der Waals surface area contributed by atoms with Crippen molar-refractivity contribution >= 4 is 5.91 Å². The molecule has 23 heavy (non-hydrogen) atoms. The molecule has 3 heteroatoms. The molecule has 1 heterocycles.